The molecule has 8 heteroatoms. The predicted octanol–water partition coefficient (Wildman–Crippen LogP) is 3.25. The van der Waals surface area contributed by atoms with Crippen LogP contribution in [0.15, 0.2) is 48.5 Å². The number of methoxy groups -OCH3 is 1. The van der Waals surface area contributed by atoms with Gasteiger partial charge in [0, 0.05) is 25.6 Å². The lowest BCUT2D eigenvalue weighted by Gasteiger charge is -2.38. The van der Waals surface area contributed by atoms with Crippen molar-refractivity contribution >= 4 is 18.0 Å². The molecule has 0 bridgehead atoms. The fraction of sp³-hybridized carbons (Fsp3) is 0.423. The summed E-state index contributed by atoms with van der Waals surface area (Å²) in [6, 6.07) is 15.0. The fourth-order valence-electron chi connectivity index (χ4n) is 5.05. The van der Waals surface area contributed by atoms with Gasteiger partial charge in [0.1, 0.15) is 12.6 Å². The fourth-order valence-corrected chi connectivity index (χ4v) is 5.05. The molecule has 2 aromatic carbocycles. The molecule has 1 heterocycles. The number of aliphatic carboxylic acids is 1. The van der Waals surface area contributed by atoms with Crippen molar-refractivity contribution in [2.24, 2.45) is 5.92 Å². The lowest BCUT2D eigenvalue weighted by Crippen LogP contribution is -2.55. The van der Waals surface area contributed by atoms with Crippen molar-refractivity contribution in [3.8, 4) is 11.1 Å². The van der Waals surface area contributed by atoms with Gasteiger partial charge in [-0.1, -0.05) is 48.5 Å². The summed E-state index contributed by atoms with van der Waals surface area (Å²) in [6.07, 6.45) is 0.0762. The van der Waals surface area contributed by atoms with Crippen molar-refractivity contribution < 1.29 is 29.0 Å². The Morgan fingerprint density at radius 2 is 1.71 bits per heavy atom. The second-order valence-electron chi connectivity index (χ2n) is 8.92. The van der Waals surface area contributed by atoms with Crippen molar-refractivity contribution in [1.82, 2.24) is 10.2 Å². The van der Waals surface area contributed by atoms with Gasteiger partial charge in [-0.2, -0.15) is 0 Å². The first kappa shape index (κ1) is 23.8. The molecule has 2 aliphatic rings. The molecule has 3 atom stereocenters. The molecule has 0 spiro atoms. The number of rotatable bonds is 7. The van der Waals surface area contributed by atoms with Crippen LogP contribution in [0.3, 0.4) is 0 Å². The maximum atomic E-state index is 13.1. The SMILES string of the molecule is COC[C@H](NC(=O)OCC1c2ccccc2-c2ccccc21)C(=O)N1CC[C@@H](C(=O)O)C[C@H]1C. The van der Waals surface area contributed by atoms with Crippen molar-refractivity contribution in [3.05, 3.63) is 59.7 Å². The number of likely N-dealkylation sites (tertiary alicyclic amines) is 1. The Labute approximate surface area is 198 Å². The standard InChI is InChI=1S/C26H30N2O6/c1-16-13-17(25(30)31)11-12-28(16)24(29)23(15-33-2)27-26(32)34-14-22-20-9-5-3-7-18(20)19-8-4-6-10-21(19)22/h3-10,16-17,22-23H,11-15H2,1-2H3,(H,27,32)(H,30,31)/t16-,17-,23+/m1/s1. The Kier molecular flexibility index (Phi) is 7.17. The highest BCUT2D eigenvalue weighted by molar-refractivity contribution is 5.86. The van der Waals surface area contributed by atoms with Gasteiger partial charge in [-0.25, -0.2) is 4.79 Å². The van der Waals surface area contributed by atoms with Crippen LogP contribution in [0.4, 0.5) is 4.79 Å². The highest BCUT2D eigenvalue weighted by Gasteiger charge is 2.36. The van der Waals surface area contributed by atoms with Gasteiger partial charge >= 0.3 is 12.1 Å². The van der Waals surface area contributed by atoms with Crippen LogP contribution in [-0.2, 0) is 19.1 Å². The third-order valence-corrected chi connectivity index (χ3v) is 6.78. The zero-order valence-electron chi connectivity index (χ0n) is 19.4. The highest BCUT2D eigenvalue weighted by Crippen LogP contribution is 2.44. The zero-order valence-corrected chi connectivity index (χ0v) is 19.4. The van der Waals surface area contributed by atoms with Crippen LogP contribution in [0.25, 0.3) is 11.1 Å². The molecule has 180 valence electrons. The molecular weight excluding hydrogens is 436 g/mol. The molecule has 4 rings (SSSR count). The summed E-state index contributed by atoms with van der Waals surface area (Å²) in [5.74, 6) is -1.68. The van der Waals surface area contributed by atoms with Gasteiger partial charge < -0.3 is 24.8 Å². The molecule has 8 nitrogen and oxygen atoms in total. The molecule has 0 radical (unpaired) electrons. The average Bonchev–Trinajstić information content (AvgIpc) is 3.15. The van der Waals surface area contributed by atoms with Crippen LogP contribution in [0.1, 0.15) is 36.8 Å². The lowest BCUT2D eigenvalue weighted by atomic mass is 9.91. The number of piperidine rings is 1. The summed E-state index contributed by atoms with van der Waals surface area (Å²) < 4.78 is 10.7. The number of hydrogen-bond donors (Lipinski definition) is 2. The Hall–Kier alpha value is -3.39. The van der Waals surface area contributed by atoms with Gasteiger partial charge in [-0.3, -0.25) is 9.59 Å². The number of ether oxygens (including phenoxy) is 2. The number of nitrogens with zero attached hydrogens (tertiary/aromatic N) is 1. The largest absolute Gasteiger partial charge is 0.481 e. The van der Waals surface area contributed by atoms with E-state index in [0.717, 1.165) is 22.3 Å². The molecule has 0 aromatic heterocycles. The topological polar surface area (TPSA) is 105 Å². The number of fused-ring (bicyclic) bond motifs is 3. The molecule has 2 aromatic rings. The average molecular weight is 467 g/mol. The molecule has 2 N–H and O–H groups in total. The monoisotopic (exact) mass is 466 g/mol. The summed E-state index contributed by atoms with van der Waals surface area (Å²) in [7, 11) is 1.46. The molecule has 2 amide bonds. The Bertz CT molecular complexity index is 1030. The number of carbonyl (C=O) groups excluding carboxylic acids is 2. The number of hydrogen-bond acceptors (Lipinski definition) is 5. The third-order valence-electron chi connectivity index (χ3n) is 6.78. The van der Waals surface area contributed by atoms with E-state index in [1.807, 2.05) is 43.3 Å². The number of alkyl carbamates (subject to hydrolysis) is 1. The van der Waals surface area contributed by atoms with Crippen LogP contribution in [0.5, 0.6) is 0 Å². The minimum atomic E-state index is -0.913. The first-order valence-electron chi connectivity index (χ1n) is 11.5. The molecule has 1 aliphatic carbocycles. The summed E-state index contributed by atoms with van der Waals surface area (Å²) in [5, 5.41) is 11.9. The first-order chi connectivity index (χ1) is 16.4. The van der Waals surface area contributed by atoms with E-state index >= 15 is 0 Å². The number of carbonyl (C=O) groups is 3. The van der Waals surface area contributed by atoms with Crippen molar-refractivity contribution in [1.29, 1.82) is 0 Å². The van der Waals surface area contributed by atoms with Crippen molar-refractivity contribution in [2.75, 3.05) is 26.9 Å². The van der Waals surface area contributed by atoms with Gasteiger partial charge in [0.25, 0.3) is 0 Å². The first-order valence-corrected chi connectivity index (χ1v) is 11.5. The Morgan fingerprint density at radius 3 is 2.26 bits per heavy atom. The van der Waals surface area contributed by atoms with Crippen molar-refractivity contribution in [2.45, 2.75) is 37.8 Å². The van der Waals surface area contributed by atoms with Gasteiger partial charge in [0.15, 0.2) is 0 Å². The van der Waals surface area contributed by atoms with Crippen LogP contribution >= 0.6 is 0 Å². The van der Waals surface area contributed by atoms with E-state index in [2.05, 4.69) is 17.4 Å². The smallest absolute Gasteiger partial charge is 0.407 e. The summed E-state index contributed by atoms with van der Waals surface area (Å²) in [5.41, 5.74) is 4.49. The highest BCUT2D eigenvalue weighted by atomic mass is 16.5. The predicted molar refractivity (Wildman–Crippen MR) is 125 cm³/mol. The second-order valence-corrected chi connectivity index (χ2v) is 8.92. The minimum absolute atomic E-state index is 0.00535. The molecular formula is C26H30N2O6. The normalized spacial score (nSPS) is 20.2. The van der Waals surface area contributed by atoms with E-state index < -0.39 is 24.0 Å². The van der Waals surface area contributed by atoms with Crippen molar-refractivity contribution in [3.63, 3.8) is 0 Å². The Balaban J connectivity index is 1.39. The van der Waals surface area contributed by atoms with E-state index in [9.17, 15) is 19.5 Å². The molecule has 1 saturated heterocycles. The molecule has 0 saturated carbocycles. The lowest BCUT2D eigenvalue weighted by molar-refractivity contribution is -0.148. The van der Waals surface area contributed by atoms with Gasteiger partial charge in [0.2, 0.25) is 5.91 Å². The van der Waals surface area contributed by atoms with E-state index in [1.165, 1.54) is 7.11 Å². The number of benzene rings is 2. The van der Waals surface area contributed by atoms with Crippen LogP contribution in [-0.4, -0.2) is 66.9 Å². The van der Waals surface area contributed by atoms with E-state index in [-0.39, 0.29) is 31.1 Å². The minimum Gasteiger partial charge on any atom is -0.481 e. The van der Waals surface area contributed by atoms with E-state index in [1.54, 1.807) is 4.90 Å². The number of nitrogens with one attached hydrogen (secondary N) is 1. The summed E-state index contributed by atoms with van der Waals surface area (Å²) >= 11 is 0. The zero-order chi connectivity index (χ0) is 24.2. The van der Waals surface area contributed by atoms with Gasteiger partial charge in [-0.05, 0) is 42.0 Å². The molecule has 1 aliphatic heterocycles. The molecule has 1 fully saturated rings. The van der Waals surface area contributed by atoms with Crippen LogP contribution in [0.2, 0.25) is 0 Å². The second kappa shape index (κ2) is 10.3. The number of carboxylic acid groups (broad SMARTS) is 1. The van der Waals surface area contributed by atoms with Crippen LogP contribution in [0, 0.1) is 5.92 Å². The van der Waals surface area contributed by atoms with Gasteiger partial charge in [0.05, 0.1) is 12.5 Å². The number of carboxylic acids is 1. The van der Waals surface area contributed by atoms with E-state index in [0.29, 0.717) is 19.4 Å². The van der Waals surface area contributed by atoms with Gasteiger partial charge in [-0.15, -0.1) is 0 Å². The van der Waals surface area contributed by atoms with Crippen LogP contribution < -0.4 is 5.32 Å². The maximum absolute atomic E-state index is 13.1. The summed E-state index contributed by atoms with van der Waals surface area (Å²) in [6.45, 7) is 2.29. The Morgan fingerprint density at radius 1 is 1.09 bits per heavy atom. The molecule has 0 unspecified atom stereocenters. The maximum Gasteiger partial charge on any atom is 0.407 e. The van der Waals surface area contributed by atoms with E-state index in [4.69, 9.17) is 9.47 Å². The molecule has 34 heavy (non-hydrogen) atoms. The quantitative estimate of drug-likeness (QED) is 0.649. The summed E-state index contributed by atoms with van der Waals surface area (Å²) in [4.78, 5) is 38.7. The third kappa shape index (κ3) is 4.77. The number of amides is 2.